The van der Waals surface area contributed by atoms with Gasteiger partial charge in [0.05, 0.1) is 22.7 Å². The topological polar surface area (TPSA) is 32.5 Å². The number of hydrogen-bond acceptors (Lipinski definition) is 3. The zero-order valence-corrected chi connectivity index (χ0v) is 23.8. The Balaban J connectivity index is 1.69. The second-order valence-corrected chi connectivity index (χ2v) is 12.3. The summed E-state index contributed by atoms with van der Waals surface area (Å²) in [5.41, 5.74) is 17.2. The summed E-state index contributed by atoms with van der Waals surface area (Å²) in [6, 6.07) is 23.6. The van der Waals surface area contributed by atoms with E-state index in [2.05, 4.69) is 112 Å². The van der Waals surface area contributed by atoms with Crippen molar-refractivity contribution in [2.24, 2.45) is 5.73 Å². The molecule has 1 aliphatic heterocycles. The Morgan fingerprint density at radius 3 is 2.08 bits per heavy atom. The monoisotopic (exact) mass is 495 g/mol. The van der Waals surface area contributed by atoms with Gasteiger partial charge in [-0.05, 0) is 77.6 Å². The molecule has 1 aliphatic carbocycles. The molecule has 0 saturated heterocycles. The van der Waals surface area contributed by atoms with Gasteiger partial charge in [0.2, 0.25) is 0 Å². The van der Waals surface area contributed by atoms with Crippen molar-refractivity contribution < 1.29 is 0 Å². The van der Waals surface area contributed by atoms with Crippen molar-refractivity contribution in [1.82, 2.24) is 0 Å². The van der Waals surface area contributed by atoms with Gasteiger partial charge in [0, 0.05) is 18.6 Å². The second-order valence-electron chi connectivity index (χ2n) is 12.3. The third kappa shape index (κ3) is 4.56. The zero-order valence-electron chi connectivity index (χ0n) is 23.8. The summed E-state index contributed by atoms with van der Waals surface area (Å²) >= 11 is 0. The van der Waals surface area contributed by atoms with Crippen LogP contribution in [0.15, 0.2) is 60.7 Å². The van der Waals surface area contributed by atoms with Crippen LogP contribution in [-0.2, 0) is 11.0 Å². The van der Waals surface area contributed by atoms with Gasteiger partial charge >= 0.3 is 0 Å². The van der Waals surface area contributed by atoms with E-state index < -0.39 is 0 Å². The molecular weight excluding hydrogens is 450 g/mol. The van der Waals surface area contributed by atoms with Crippen molar-refractivity contribution in [3.63, 3.8) is 0 Å². The summed E-state index contributed by atoms with van der Waals surface area (Å²) in [6.07, 6.45) is 8.36. The highest BCUT2D eigenvalue weighted by atomic mass is 15.3. The van der Waals surface area contributed by atoms with Gasteiger partial charge in [-0.15, -0.1) is 0 Å². The van der Waals surface area contributed by atoms with Crippen LogP contribution in [0, 0.1) is 0 Å². The average Bonchev–Trinajstić information content (AvgIpc) is 2.92. The molecule has 1 fully saturated rings. The van der Waals surface area contributed by atoms with Gasteiger partial charge in [0.15, 0.2) is 0 Å². The first-order chi connectivity index (χ1) is 17.7. The Morgan fingerprint density at radius 2 is 1.43 bits per heavy atom. The lowest BCUT2D eigenvalue weighted by molar-refractivity contribution is 0.413. The van der Waals surface area contributed by atoms with Gasteiger partial charge in [0.1, 0.15) is 0 Å². The van der Waals surface area contributed by atoms with Crippen molar-refractivity contribution >= 4 is 22.7 Å². The van der Waals surface area contributed by atoms with E-state index in [-0.39, 0.29) is 11.0 Å². The third-order valence-electron chi connectivity index (χ3n) is 9.03. The summed E-state index contributed by atoms with van der Waals surface area (Å²) in [5.74, 6) is 0. The fourth-order valence-corrected chi connectivity index (χ4v) is 6.42. The number of nitrogens with zero attached hydrogens (tertiary/aromatic N) is 2. The highest BCUT2D eigenvalue weighted by molar-refractivity contribution is 5.95. The molecule has 0 aromatic heterocycles. The zero-order chi connectivity index (χ0) is 26.4. The summed E-state index contributed by atoms with van der Waals surface area (Å²) in [5, 5.41) is 0. The predicted molar refractivity (Wildman–Crippen MR) is 161 cm³/mol. The Bertz CT molecular complexity index is 1260. The Hall–Kier alpha value is -2.78. The Kier molecular flexibility index (Phi) is 6.87. The first-order valence-corrected chi connectivity index (χ1v) is 14.4. The van der Waals surface area contributed by atoms with Gasteiger partial charge < -0.3 is 15.5 Å². The molecule has 3 aromatic carbocycles. The molecule has 3 nitrogen and oxygen atoms in total. The number of hydrogen-bond donors (Lipinski definition) is 1. The van der Waals surface area contributed by atoms with Gasteiger partial charge in [0.25, 0.3) is 0 Å². The Labute approximate surface area is 224 Å². The molecule has 0 spiro atoms. The largest absolute Gasteiger partial charge is 0.341 e. The number of nitrogens with two attached hydrogens (primary N) is 1. The highest BCUT2D eigenvalue weighted by Gasteiger charge is 2.33. The normalized spacial score (nSPS) is 16.5. The van der Waals surface area contributed by atoms with E-state index in [0.717, 1.165) is 12.8 Å². The minimum absolute atomic E-state index is 0.0741. The maximum Gasteiger partial charge on any atom is 0.0656 e. The van der Waals surface area contributed by atoms with E-state index in [4.69, 9.17) is 5.73 Å². The molecule has 5 rings (SSSR count). The number of rotatable bonds is 5. The maximum atomic E-state index is 7.04. The van der Waals surface area contributed by atoms with Gasteiger partial charge in [-0.2, -0.15) is 0 Å². The van der Waals surface area contributed by atoms with Gasteiger partial charge in [-0.3, -0.25) is 0 Å². The molecule has 196 valence electrons. The molecule has 0 unspecified atom stereocenters. The number of para-hydroxylation sites is 2. The van der Waals surface area contributed by atoms with E-state index in [1.165, 1.54) is 77.1 Å². The molecule has 0 bridgehead atoms. The average molecular weight is 496 g/mol. The molecule has 0 radical (unpaired) electrons. The lowest BCUT2D eigenvalue weighted by Crippen LogP contribution is -2.37. The molecule has 2 aliphatic rings. The molecule has 3 aromatic rings. The smallest absolute Gasteiger partial charge is 0.0656 e. The van der Waals surface area contributed by atoms with E-state index in [1.807, 2.05) is 0 Å². The van der Waals surface area contributed by atoms with Crippen LogP contribution in [0.1, 0.15) is 90.7 Å². The summed E-state index contributed by atoms with van der Waals surface area (Å²) in [6.45, 7) is 11.3. The molecule has 37 heavy (non-hydrogen) atoms. The van der Waals surface area contributed by atoms with E-state index in [9.17, 15) is 0 Å². The molecular formula is C34H45N3. The molecule has 3 heteroatoms. The fraction of sp³-hybridized carbons (Fsp3) is 0.471. The SMILES string of the molecule is CCC(N)(CC)c1ccc(C(C)(C)C)cc1-c1ccc2c(c1)N(C)c1ccccc1N2C1CCCCC1. The van der Waals surface area contributed by atoms with E-state index >= 15 is 0 Å². The van der Waals surface area contributed by atoms with Crippen molar-refractivity contribution in [2.75, 3.05) is 16.8 Å². The minimum Gasteiger partial charge on any atom is -0.341 e. The number of benzene rings is 3. The number of anilines is 4. The molecule has 0 amide bonds. The molecule has 1 heterocycles. The van der Waals surface area contributed by atoms with E-state index in [0.29, 0.717) is 6.04 Å². The molecule has 2 N–H and O–H groups in total. The first-order valence-electron chi connectivity index (χ1n) is 14.4. The quantitative estimate of drug-likeness (QED) is 0.383. The van der Waals surface area contributed by atoms with Crippen molar-refractivity contribution in [3.8, 4) is 11.1 Å². The number of fused-ring (bicyclic) bond motifs is 2. The molecule has 0 atom stereocenters. The van der Waals surface area contributed by atoms with Crippen LogP contribution in [0.2, 0.25) is 0 Å². The minimum atomic E-state index is -0.339. The fourth-order valence-electron chi connectivity index (χ4n) is 6.42. The van der Waals surface area contributed by atoms with Gasteiger partial charge in [-0.1, -0.05) is 90.3 Å². The predicted octanol–water partition coefficient (Wildman–Crippen LogP) is 9.18. The third-order valence-corrected chi connectivity index (χ3v) is 9.03. The van der Waals surface area contributed by atoms with Crippen molar-refractivity contribution in [3.05, 3.63) is 71.8 Å². The van der Waals surface area contributed by atoms with Gasteiger partial charge in [-0.25, -0.2) is 0 Å². The Morgan fingerprint density at radius 1 is 0.784 bits per heavy atom. The first kappa shape index (κ1) is 25.9. The lowest BCUT2D eigenvalue weighted by Gasteiger charge is -2.44. The lowest BCUT2D eigenvalue weighted by atomic mass is 9.77. The standard InChI is InChI=1S/C34H45N3/c1-7-34(35,8-2)28-20-19-25(33(3,4)5)23-27(28)24-18-21-31-32(22-24)36(6)29-16-12-13-17-30(29)37(31)26-14-10-9-11-15-26/h12-13,16-23,26H,7-11,14-15,35H2,1-6H3. The second kappa shape index (κ2) is 9.83. The summed E-state index contributed by atoms with van der Waals surface area (Å²) in [7, 11) is 2.22. The maximum absolute atomic E-state index is 7.04. The summed E-state index contributed by atoms with van der Waals surface area (Å²) in [4.78, 5) is 5.03. The highest BCUT2D eigenvalue weighted by Crippen LogP contribution is 2.51. The van der Waals surface area contributed by atoms with Crippen LogP contribution in [0.5, 0.6) is 0 Å². The van der Waals surface area contributed by atoms with Crippen LogP contribution in [0.4, 0.5) is 22.7 Å². The van der Waals surface area contributed by atoms with Crippen LogP contribution < -0.4 is 15.5 Å². The van der Waals surface area contributed by atoms with Crippen LogP contribution >= 0.6 is 0 Å². The molecule has 1 saturated carbocycles. The van der Waals surface area contributed by atoms with Crippen LogP contribution in [0.3, 0.4) is 0 Å². The summed E-state index contributed by atoms with van der Waals surface area (Å²) < 4.78 is 0. The van der Waals surface area contributed by atoms with Crippen LogP contribution in [-0.4, -0.2) is 13.1 Å². The van der Waals surface area contributed by atoms with E-state index in [1.54, 1.807) is 0 Å². The van der Waals surface area contributed by atoms with Crippen molar-refractivity contribution in [1.29, 1.82) is 0 Å². The van der Waals surface area contributed by atoms with Crippen molar-refractivity contribution in [2.45, 2.75) is 96.6 Å². The van der Waals surface area contributed by atoms with Crippen LogP contribution in [0.25, 0.3) is 11.1 Å².